The number of carbonyl (C=O) groups excluding carboxylic acids is 3. The number of carbonyl (C=O) groups is 3. The van der Waals surface area contributed by atoms with E-state index in [2.05, 4.69) is 0 Å². The molecule has 0 saturated carbocycles. The van der Waals surface area contributed by atoms with Crippen molar-refractivity contribution in [2.24, 2.45) is 5.41 Å². The quantitative estimate of drug-likeness (QED) is 0.344. The molecule has 1 atom stereocenters. The van der Waals surface area contributed by atoms with E-state index in [1.807, 2.05) is 51.1 Å². The Labute approximate surface area is 177 Å². The summed E-state index contributed by atoms with van der Waals surface area (Å²) < 4.78 is 11.0. The Balaban J connectivity index is 1.92. The van der Waals surface area contributed by atoms with Gasteiger partial charge in [0.15, 0.2) is 0 Å². The average Bonchev–Trinajstić information content (AvgIpc) is 3.02. The van der Waals surface area contributed by atoms with Gasteiger partial charge in [-0.3, -0.25) is 9.59 Å². The minimum absolute atomic E-state index is 0.198. The van der Waals surface area contributed by atoms with Crippen LogP contribution in [0, 0.1) is 5.41 Å². The fourth-order valence-corrected chi connectivity index (χ4v) is 4.16. The normalized spacial score (nSPS) is 18.4. The van der Waals surface area contributed by atoms with E-state index in [0.29, 0.717) is 25.2 Å². The van der Waals surface area contributed by atoms with Gasteiger partial charge in [-0.05, 0) is 32.4 Å². The van der Waals surface area contributed by atoms with Crippen molar-refractivity contribution < 1.29 is 23.9 Å². The summed E-state index contributed by atoms with van der Waals surface area (Å²) in [6, 6.07) is 8.66. The Hall–Kier alpha value is -2.02. The van der Waals surface area contributed by atoms with E-state index >= 15 is 0 Å². The molecule has 0 bridgehead atoms. The molecule has 7 heteroatoms. The summed E-state index contributed by atoms with van der Waals surface area (Å²) in [4.78, 5) is 39.1. The molecular weight excluding hydrogens is 390 g/mol. The number of Topliss-reactive ketones (excluding diaryl/α,β-unsaturated/α-hetero) is 1. The molecule has 1 aromatic rings. The molecule has 1 fully saturated rings. The lowest BCUT2D eigenvalue weighted by molar-refractivity contribution is -0.160. The summed E-state index contributed by atoms with van der Waals surface area (Å²) >= 11 is 1.48. The SMILES string of the molecule is CCC(C)(C)C(=O)C(=O)N1[C@H](C(=O)OCCCOc2ccccc2)CSC1(C)C. The Kier molecular flexibility index (Phi) is 7.74. The van der Waals surface area contributed by atoms with Crippen molar-refractivity contribution in [3.8, 4) is 5.75 Å². The van der Waals surface area contributed by atoms with Gasteiger partial charge in [0.1, 0.15) is 11.8 Å². The molecule has 0 spiro atoms. The standard InChI is InChI=1S/C22H31NO5S/c1-6-21(2,3)18(24)19(25)23-17(15-29-22(23,4)5)20(26)28-14-10-13-27-16-11-8-7-9-12-16/h7-9,11-12,17H,6,10,13-15H2,1-5H3/t17-/m0/s1. The Morgan fingerprint density at radius 2 is 1.83 bits per heavy atom. The third kappa shape index (κ3) is 5.75. The topological polar surface area (TPSA) is 72.9 Å². The third-order valence-corrected chi connectivity index (χ3v) is 6.60. The van der Waals surface area contributed by atoms with Crippen molar-refractivity contribution in [2.45, 2.75) is 58.4 Å². The first kappa shape index (κ1) is 23.3. The van der Waals surface area contributed by atoms with Crippen molar-refractivity contribution >= 4 is 29.4 Å². The number of hydrogen-bond donors (Lipinski definition) is 0. The molecule has 1 heterocycles. The van der Waals surface area contributed by atoms with Crippen molar-refractivity contribution in [1.29, 1.82) is 0 Å². The van der Waals surface area contributed by atoms with Crippen LogP contribution in [0.4, 0.5) is 0 Å². The van der Waals surface area contributed by atoms with Crippen LogP contribution in [0.25, 0.3) is 0 Å². The van der Waals surface area contributed by atoms with Gasteiger partial charge in [0.2, 0.25) is 5.78 Å². The number of nitrogens with zero attached hydrogens (tertiary/aromatic N) is 1. The predicted octanol–water partition coefficient (Wildman–Crippen LogP) is 3.68. The van der Waals surface area contributed by atoms with Crippen LogP contribution < -0.4 is 4.74 Å². The number of benzene rings is 1. The molecule has 29 heavy (non-hydrogen) atoms. The summed E-state index contributed by atoms with van der Waals surface area (Å²) in [6.45, 7) is 9.70. The second-order valence-electron chi connectivity index (χ2n) is 8.20. The van der Waals surface area contributed by atoms with Crippen LogP contribution in [0.2, 0.25) is 0 Å². The zero-order valence-corrected chi connectivity index (χ0v) is 18.7. The smallest absolute Gasteiger partial charge is 0.329 e. The number of rotatable bonds is 9. The molecule has 160 valence electrons. The van der Waals surface area contributed by atoms with Gasteiger partial charge in [0.05, 0.1) is 18.1 Å². The first-order valence-corrected chi connectivity index (χ1v) is 11.0. The molecule has 0 N–H and O–H groups in total. The first-order valence-electron chi connectivity index (χ1n) is 9.96. The number of esters is 1. The van der Waals surface area contributed by atoms with Gasteiger partial charge in [-0.2, -0.15) is 0 Å². The molecular formula is C22H31NO5S. The molecule has 6 nitrogen and oxygen atoms in total. The van der Waals surface area contributed by atoms with Crippen LogP contribution in [0.3, 0.4) is 0 Å². The van der Waals surface area contributed by atoms with Crippen molar-refractivity contribution in [3.63, 3.8) is 0 Å². The molecule has 1 saturated heterocycles. The number of hydrogen-bond acceptors (Lipinski definition) is 6. The van der Waals surface area contributed by atoms with Crippen LogP contribution >= 0.6 is 11.8 Å². The highest BCUT2D eigenvalue weighted by molar-refractivity contribution is 8.00. The Bertz CT molecular complexity index is 732. The zero-order chi connectivity index (χ0) is 21.7. The third-order valence-electron chi connectivity index (χ3n) is 5.21. The fourth-order valence-electron chi connectivity index (χ4n) is 2.96. The summed E-state index contributed by atoms with van der Waals surface area (Å²) in [6.07, 6.45) is 1.09. The van der Waals surface area contributed by atoms with E-state index < -0.39 is 34.0 Å². The summed E-state index contributed by atoms with van der Waals surface area (Å²) in [5, 5.41) is 0. The van der Waals surface area contributed by atoms with Crippen LogP contribution in [-0.4, -0.2) is 52.4 Å². The minimum atomic E-state index is -0.760. The fraction of sp³-hybridized carbons (Fsp3) is 0.591. The van der Waals surface area contributed by atoms with Gasteiger partial charge in [0.25, 0.3) is 5.91 Å². The highest BCUT2D eigenvalue weighted by atomic mass is 32.2. The van der Waals surface area contributed by atoms with E-state index in [9.17, 15) is 14.4 Å². The van der Waals surface area contributed by atoms with Gasteiger partial charge >= 0.3 is 5.97 Å². The van der Waals surface area contributed by atoms with Crippen molar-refractivity contribution in [2.75, 3.05) is 19.0 Å². The monoisotopic (exact) mass is 421 g/mol. The molecule has 2 rings (SSSR count). The molecule has 0 aromatic heterocycles. The van der Waals surface area contributed by atoms with Crippen LogP contribution in [0.5, 0.6) is 5.75 Å². The molecule has 1 aliphatic heterocycles. The van der Waals surface area contributed by atoms with E-state index in [0.717, 1.165) is 5.75 Å². The maximum absolute atomic E-state index is 12.9. The maximum Gasteiger partial charge on any atom is 0.329 e. The van der Waals surface area contributed by atoms with Crippen LogP contribution in [0.1, 0.15) is 47.5 Å². The molecule has 1 aliphatic rings. The van der Waals surface area contributed by atoms with Crippen molar-refractivity contribution in [1.82, 2.24) is 4.90 Å². The van der Waals surface area contributed by atoms with E-state index in [1.165, 1.54) is 16.7 Å². The lowest BCUT2D eigenvalue weighted by Crippen LogP contribution is -2.54. The largest absolute Gasteiger partial charge is 0.493 e. The number of thioether (sulfide) groups is 1. The second-order valence-corrected chi connectivity index (χ2v) is 9.82. The molecule has 1 amide bonds. The lowest BCUT2D eigenvalue weighted by Gasteiger charge is -2.35. The number of amides is 1. The summed E-state index contributed by atoms with van der Waals surface area (Å²) in [7, 11) is 0. The maximum atomic E-state index is 12.9. The van der Waals surface area contributed by atoms with Gasteiger partial charge in [-0.25, -0.2) is 4.79 Å². The molecule has 0 unspecified atom stereocenters. The van der Waals surface area contributed by atoms with Gasteiger partial charge in [-0.1, -0.05) is 39.0 Å². The second kappa shape index (κ2) is 9.65. The number of ether oxygens (including phenoxy) is 2. The first-order chi connectivity index (χ1) is 13.6. The minimum Gasteiger partial charge on any atom is -0.493 e. The van der Waals surface area contributed by atoms with E-state index in [-0.39, 0.29) is 6.61 Å². The highest BCUT2D eigenvalue weighted by Crippen LogP contribution is 2.40. The summed E-state index contributed by atoms with van der Waals surface area (Å²) in [5.41, 5.74) is -0.760. The van der Waals surface area contributed by atoms with E-state index in [1.54, 1.807) is 13.8 Å². The summed E-state index contributed by atoms with van der Waals surface area (Å²) in [5.74, 6) is -0.372. The van der Waals surface area contributed by atoms with Gasteiger partial charge in [0, 0.05) is 17.6 Å². The predicted molar refractivity (Wildman–Crippen MR) is 114 cm³/mol. The van der Waals surface area contributed by atoms with Crippen molar-refractivity contribution in [3.05, 3.63) is 30.3 Å². The Morgan fingerprint density at radius 1 is 1.17 bits per heavy atom. The highest BCUT2D eigenvalue weighted by Gasteiger charge is 2.50. The van der Waals surface area contributed by atoms with Gasteiger partial charge in [-0.15, -0.1) is 11.8 Å². The molecule has 0 radical (unpaired) electrons. The Morgan fingerprint density at radius 3 is 2.45 bits per heavy atom. The van der Waals surface area contributed by atoms with Gasteiger partial charge < -0.3 is 14.4 Å². The van der Waals surface area contributed by atoms with Crippen LogP contribution in [0.15, 0.2) is 30.3 Å². The zero-order valence-electron chi connectivity index (χ0n) is 17.9. The number of para-hydroxylation sites is 1. The molecule has 0 aliphatic carbocycles. The molecule has 1 aromatic carbocycles. The van der Waals surface area contributed by atoms with Crippen LogP contribution in [-0.2, 0) is 19.1 Å². The number of ketones is 1. The lowest BCUT2D eigenvalue weighted by atomic mass is 9.84. The average molecular weight is 422 g/mol. The van der Waals surface area contributed by atoms with E-state index in [4.69, 9.17) is 9.47 Å².